The Morgan fingerprint density at radius 2 is 1.62 bits per heavy atom. The fourth-order valence-electron chi connectivity index (χ4n) is 1.99. The van der Waals surface area contributed by atoms with Gasteiger partial charge in [-0.2, -0.15) is 8.42 Å². The molecule has 1 unspecified atom stereocenters. The highest BCUT2D eigenvalue weighted by Gasteiger charge is 2.31. The highest BCUT2D eigenvalue weighted by Crippen LogP contribution is 2.32. The molecular weight excluding hydrogens is 393 g/mol. The van der Waals surface area contributed by atoms with E-state index in [1.165, 1.54) is 48.5 Å². The van der Waals surface area contributed by atoms with Crippen molar-refractivity contribution in [3.8, 4) is 0 Å². The summed E-state index contributed by atoms with van der Waals surface area (Å²) in [4.78, 5) is -0.369. The van der Waals surface area contributed by atoms with Gasteiger partial charge in [0.25, 0.3) is 6.43 Å². The molecule has 0 amide bonds. The van der Waals surface area contributed by atoms with E-state index in [0.29, 0.717) is 0 Å². The summed E-state index contributed by atoms with van der Waals surface area (Å²) in [7, 11) is -4.63. The van der Waals surface area contributed by atoms with Crippen molar-refractivity contribution in [2.24, 2.45) is 0 Å². The highest BCUT2D eigenvalue weighted by atomic mass is 35.5. The molecule has 1 N–H and O–H groups in total. The van der Waals surface area contributed by atoms with Crippen LogP contribution in [0.3, 0.4) is 0 Å². The average Bonchev–Trinajstić information content (AvgIpc) is 2.59. The van der Waals surface area contributed by atoms with Gasteiger partial charge >= 0.3 is 10.1 Å². The van der Waals surface area contributed by atoms with E-state index in [4.69, 9.17) is 11.6 Å². The van der Waals surface area contributed by atoms with Crippen LogP contribution in [0.15, 0.2) is 65.0 Å². The Balaban J connectivity index is 2.44. The number of hydrogen-bond acceptors (Lipinski definition) is 4. The second kappa shape index (κ2) is 8.11. The lowest BCUT2D eigenvalue weighted by atomic mass is 10.1. The Morgan fingerprint density at radius 3 is 2.12 bits per heavy atom. The molecule has 2 aromatic rings. The summed E-state index contributed by atoms with van der Waals surface area (Å²) in [6.45, 7) is 1.71. The van der Waals surface area contributed by atoms with Gasteiger partial charge < -0.3 is 9.29 Å². The summed E-state index contributed by atoms with van der Waals surface area (Å²) in [5.41, 5.74) is 0.680. The van der Waals surface area contributed by atoms with E-state index in [1.54, 1.807) is 6.92 Å². The normalized spacial score (nSPS) is 14.1. The number of allylic oxidation sites excluding steroid dienone is 1. The van der Waals surface area contributed by atoms with Crippen molar-refractivity contribution in [2.75, 3.05) is 0 Å². The Hall–Kier alpha value is -2.03. The average molecular weight is 407 g/mol. The topological polar surface area (TPSA) is 63.6 Å². The third kappa shape index (κ3) is 4.78. The van der Waals surface area contributed by atoms with Crippen LogP contribution in [0.1, 0.15) is 17.2 Å². The molecule has 4 nitrogen and oxygen atoms in total. The van der Waals surface area contributed by atoms with Crippen LogP contribution >= 0.6 is 11.6 Å². The fraction of sp³-hybridized carbons (Fsp3) is 0.176. The van der Waals surface area contributed by atoms with Crippen LogP contribution in [-0.4, -0.2) is 19.9 Å². The van der Waals surface area contributed by atoms with Gasteiger partial charge in [-0.3, -0.25) is 0 Å². The van der Waals surface area contributed by atoms with Crippen molar-refractivity contribution < 1.29 is 30.9 Å². The summed E-state index contributed by atoms with van der Waals surface area (Å²) in [6.07, 6.45) is -5.73. The maximum atomic E-state index is 13.9. The number of aliphatic hydroxyl groups excluding tert-OH is 1. The first kappa shape index (κ1) is 20.3. The van der Waals surface area contributed by atoms with E-state index in [9.17, 15) is 26.7 Å². The maximum absolute atomic E-state index is 13.9. The van der Waals surface area contributed by atoms with E-state index in [1.807, 2.05) is 0 Å². The molecule has 140 valence electrons. The first-order valence-corrected chi connectivity index (χ1v) is 9.03. The number of benzene rings is 2. The molecule has 0 aromatic heterocycles. The molecule has 1 atom stereocenters. The van der Waals surface area contributed by atoms with E-state index < -0.39 is 34.2 Å². The predicted molar refractivity (Wildman–Crippen MR) is 90.0 cm³/mol. The van der Waals surface area contributed by atoms with Crippen molar-refractivity contribution in [3.05, 3.63) is 76.3 Å². The first-order valence-electron chi connectivity index (χ1n) is 7.24. The fourth-order valence-corrected chi connectivity index (χ4v) is 3.09. The second-order valence-corrected chi connectivity index (χ2v) is 7.30. The number of rotatable bonds is 6. The molecule has 0 saturated carbocycles. The van der Waals surface area contributed by atoms with Gasteiger partial charge in [0.1, 0.15) is 11.0 Å². The summed E-state index contributed by atoms with van der Waals surface area (Å²) in [5.74, 6) is -3.58. The summed E-state index contributed by atoms with van der Waals surface area (Å²) in [6, 6.07) is 10.4. The molecule has 2 aromatic carbocycles. The van der Waals surface area contributed by atoms with E-state index in [-0.39, 0.29) is 15.5 Å². The van der Waals surface area contributed by atoms with E-state index >= 15 is 0 Å². The molecule has 9 heteroatoms. The van der Waals surface area contributed by atoms with Crippen molar-refractivity contribution >= 4 is 21.7 Å². The van der Waals surface area contributed by atoms with Crippen LogP contribution in [0.25, 0.3) is 0 Å². The molecule has 0 aliphatic heterocycles. The summed E-state index contributed by atoms with van der Waals surface area (Å²) in [5, 5.41) is 10.5. The molecule has 0 fully saturated rings. The van der Waals surface area contributed by atoms with Gasteiger partial charge in [-0.15, -0.1) is 0 Å². The molecule has 0 heterocycles. The lowest BCUT2D eigenvalue weighted by Gasteiger charge is -2.17. The van der Waals surface area contributed by atoms with Gasteiger partial charge in [0.15, 0.2) is 5.76 Å². The van der Waals surface area contributed by atoms with Gasteiger partial charge in [0.2, 0.25) is 5.83 Å². The zero-order valence-corrected chi connectivity index (χ0v) is 14.9. The molecule has 26 heavy (non-hydrogen) atoms. The first-order chi connectivity index (χ1) is 12.1. The quantitative estimate of drug-likeness (QED) is 0.565. The molecule has 0 aliphatic carbocycles. The third-order valence-electron chi connectivity index (χ3n) is 3.37. The minimum absolute atomic E-state index is 0.0701. The number of alkyl halides is 2. The Kier molecular flexibility index (Phi) is 6.33. The van der Waals surface area contributed by atoms with Gasteiger partial charge in [0, 0.05) is 5.02 Å². The van der Waals surface area contributed by atoms with Gasteiger partial charge in [-0.25, -0.2) is 13.2 Å². The molecule has 0 spiro atoms. The lowest BCUT2D eigenvalue weighted by molar-refractivity contribution is 0.118. The van der Waals surface area contributed by atoms with Crippen molar-refractivity contribution in [3.63, 3.8) is 0 Å². The highest BCUT2D eigenvalue weighted by molar-refractivity contribution is 7.86. The summed E-state index contributed by atoms with van der Waals surface area (Å²) >= 11 is 5.69. The van der Waals surface area contributed by atoms with Gasteiger partial charge in [-0.1, -0.05) is 41.4 Å². The van der Waals surface area contributed by atoms with Crippen LogP contribution in [0, 0.1) is 6.92 Å². The van der Waals surface area contributed by atoms with Crippen molar-refractivity contribution in [1.82, 2.24) is 0 Å². The minimum atomic E-state index is -4.63. The Morgan fingerprint density at radius 1 is 1.08 bits per heavy atom. The zero-order valence-electron chi connectivity index (χ0n) is 13.4. The molecule has 2 rings (SSSR count). The molecule has 0 aliphatic rings. The number of halogens is 4. The SMILES string of the molecule is Cc1ccc(S(=O)(=O)O/C(=C(/F)C(F)F)C(O)c2ccc(Cl)cc2)cc1. The van der Waals surface area contributed by atoms with Crippen molar-refractivity contribution in [1.29, 1.82) is 0 Å². The van der Waals surface area contributed by atoms with Gasteiger partial charge in [-0.05, 0) is 36.8 Å². The monoisotopic (exact) mass is 406 g/mol. The van der Waals surface area contributed by atoms with Crippen LogP contribution < -0.4 is 0 Å². The molecule has 0 radical (unpaired) electrons. The second-order valence-electron chi connectivity index (χ2n) is 5.32. The number of aryl methyl sites for hydroxylation is 1. The van der Waals surface area contributed by atoms with Crippen LogP contribution in [0.5, 0.6) is 0 Å². The molecular formula is C17H14ClF3O4S. The zero-order chi connectivity index (χ0) is 19.5. The third-order valence-corrected chi connectivity index (χ3v) is 4.87. The van der Waals surface area contributed by atoms with Gasteiger partial charge in [0.05, 0.1) is 0 Å². The standard InChI is InChI=1S/C17H14ClF3O4S/c1-10-2-8-13(9-3-10)26(23,24)25-16(14(19)17(20)21)15(22)11-4-6-12(18)7-5-11/h2-9,15,17,22H,1H3/b16-14+. The molecule has 0 saturated heterocycles. The van der Waals surface area contributed by atoms with Crippen LogP contribution in [0.2, 0.25) is 5.02 Å². The number of hydrogen-bond donors (Lipinski definition) is 1. The Bertz CT molecular complexity index is 895. The van der Waals surface area contributed by atoms with E-state index in [2.05, 4.69) is 4.18 Å². The van der Waals surface area contributed by atoms with Crippen LogP contribution in [0.4, 0.5) is 13.2 Å². The minimum Gasteiger partial charge on any atom is -0.380 e. The Labute approximate surface area is 153 Å². The maximum Gasteiger partial charge on any atom is 0.339 e. The predicted octanol–water partition coefficient (Wildman–Crippen LogP) is 4.53. The van der Waals surface area contributed by atoms with Crippen LogP contribution in [-0.2, 0) is 14.3 Å². The largest absolute Gasteiger partial charge is 0.380 e. The lowest BCUT2D eigenvalue weighted by Crippen LogP contribution is -2.15. The van der Waals surface area contributed by atoms with Crippen molar-refractivity contribution in [2.45, 2.75) is 24.3 Å². The van der Waals surface area contributed by atoms with E-state index in [0.717, 1.165) is 5.56 Å². The summed E-state index contributed by atoms with van der Waals surface area (Å²) < 4.78 is 68.6. The number of aliphatic hydroxyl groups is 1. The smallest absolute Gasteiger partial charge is 0.339 e. The molecule has 0 bridgehead atoms.